The van der Waals surface area contributed by atoms with Gasteiger partial charge in [0.25, 0.3) is 0 Å². The Labute approximate surface area is 221 Å². The average molecular weight is 498 g/mol. The summed E-state index contributed by atoms with van der Waals surface area (Å²) < 4.78 is 1.81. The number of hydrogen-bond donors (Lipinski definition) is 3. The Balaban J connectivity index is 0.000000469. The molecule has 7 nitrogen and oxygen atoms in total. The van der Waals surface area contributed by atoms with Gasteiger partial charge >= 0.3 is 0 Å². The van der Waals surface area contributed by atoms with Crippen LogP contribution in [0.15, 0.2) is 96.3 Å². The summed E-state index contributed by atoms with van der Waals surface area (Å²) in [7, 11) is 5.96. The third-order valence-corrected chi connectivity index (χ3v) is 6.34. The number of likely N-dealkylation sites (N-methyl/N-ethyl adjacent to an activating group) is 1. The lowest BCUT2D eigenvalue weighted by atomic mass is 10.1. The first-order chi connectivity index (χ1) is 18.1. The van der Waals surface area contributed by atoms with Gasteiger partial charge in [-0.25, -0.2) is 4.98 Å². The fourth-order valence-electron chi connectivity index (χ4n) is 4.14. The molecule has 5 rings (SSSR count). The van der Waals surface area contributed by atoms with Crippen LogP contribution in [-0.4, -0.2) is 53.4 Å². The van der Waals surface area contributed by atoms with Crippen molar-refractivity contribution in [3.05, 3.63) is 96.3 Å². The van der Waals surface area contributed by atoms with Crippen LogP contribution in [0, 0.1) is 0 Å². The summed E-state index contributed by atoms with van der Waals surface area (Å²) in [6.45, 7) is 2.88. The van der Waals surface area contributed by atoms with E-state index in [1.807, 2.05) is 69.1 Å². The monoisotopic (exact) mass is 497 g/mol. The summed E-state index contributed by atoms with van der Waals surface area (Å²) in [6, 6.07) is 14.1. The van der Waals surface area contributed by atoms with Gasteiger partial charge in [0.1, 0.15) is 5.82 Å². The minimum Gasteiger partial charge on any atom is -0.382 e. The number of nitrogens with zero attached hydrogens (tertiary/aromatic N) is 4. The van der Waals surface area contributed by atoms with E-state index >= 15 is 0 Å². The number of rotatable bonds is 10. The molecule has 0 saturated heterocycles. The number of pyridine rings is 1. The molecule has 1 aromatic carbocycles. The molecule has 0 radical (unpaired) electrons. The Kier molecular flexibility index (Phi) is 9.54. The summed E-state index contributed by atoms with van der Waals surface area (Å²) >= 11 is 0. The van der Waals surface area contributed by atoms with Crippen LogP contribution in [0.4, 0.5) is 11.5 Å². The topological polar surface area (TPSA) is 70.0 Å². The normalized spacial score (nSPS) is 14.1. The predicted octanol–water partition coefficient (Wildman–Crippen LogP) is 5.43. The zero-order valence-corrected chi connectivity index (χ0v) is 22.2. The fraction of sp³-hybridized carbons (Fsp3) is 0.333. The minimum absolute atomic E-state index is 0.863. The van der Waals surface area contributed by atoms with E-state index in [4.69, 9.17) is 0 Å². The lowest BCUT2D eigenvalue weighted by molar-refractivity contribution is 0.574. The highest BCUT2D eigenvalue weighted by Crippen LogP contribution is 2.35. The zero-order chi connectivity index (χ0) is 25.9. The predicted molar refractivity (Wildman–Crippen MR) is 154 cm³/mol. The van der Waals surface area contributed by atoms with Crippen molar-refractivity contribution in [2.45, 2.75) is 25.7 Å². The van der Waals surface area contributed by atoms with Gasteiger partial charge in [0.15, 0.2) is 0 Å². The van der Waals surface area contributed by atoms with Gasteiger partial charge in [0.05, 0.1) is 11.9 Å². The molecule has 3 aromatic rings. The number of hydrogen-bond acceptors (Lipinski definition) is 6. The first kappa shape index (κ1) is 26.2. The molecule has 2 aliphatic rings. The second-order valence-electron chi connectivity index (χ2n) is 9.34. The Morgan fingerprint density at radius 2 is 1.68 bits per heavy atom. The molecular weight excluding hydrogens is 458 g/mol. The summed E-state index contributed by atoms with van der Waals surface area (Å²) in [5, 5.41) is 14.5. The lowest BCUT2D eigenvalue weighted by Gasteiger charge is -2.21. The van der Waals surface area contributed by atoms with E-state index in [-0.39, 0.29) is 0 Å². The molecule has 7 heteroatoms. The molecule has 1 saturated carbocycles. The van der Waals surface area contributed by atoms with Crippen molar-refractivity contribution in [1.82, 2.24) is 25.0 Å². The molecule has 37 heavy (non-hydrogen) atoms. The Morgan fingerprint density at radius 1 is 0.919 bits per heavy atom. The highest BCUT2D eigenvalue weighted by Gasteiger charge is 2.20. The van der Waals surface area contributed by atoms with Gasteiger partial charge < -0.3 is 20.9 Å². The van der Waals surface area contributed by atoms with E-state index in [0.29, 0.717) is 0 Å². The molecule has 3 N–H and O–H groups in total. The van der Waals surface area contributed by atoms with E-state index in [1.165, 1.54) is 24.1 Å². The molecule has 0 spiro atoms. The van der Waals surface area contributed by atoms with Gasteiger partial charge in [0.2, 0.25) is 0 Å². The summed E-state index contributed by atoms with van der Waals surface area (Å²) in [6.07, 6.45) is 17.2. The zero-order valence-electron chi connectivity index (χ0n) is 22.2. The number of nitrogens with one attached hydrogen (secondary N) is 3. The van der Waals surface area contributed by atoms with Gasteiger partial charge in [-0.15, -0.1) is 0 Å². The van der Waals surface area contributed by atoms with Crippen LogP contribution < -0.4 is 16.0 Å². The van der Waals surface area contributed by atoms with Crippen molar-refractivity contribution in [3.8, 4) is 11.1 Å². The Bertz CT molecular complexity index is 1190. The third-order valence-electron chi connectivity index (χ3n) is 6.34. The minimum atomic E-state index is 0.863. The average Bonchev–Trinajstić information content (AvgIpc) is 3.69. The molecule has 1 aliphatic heterocycles. The number of anilines is 2. The maximum Gasteiger partial charge on any atom is 0.149 e. The van der Waals surface area contributed by atoms with Crippen LogP contribution >= 0.6 is 0 Å². The lowest BCUT2D eigenvalue weighted by Crippen LogP contribution is -2.20. The first-order valence-electron chi connectivity index (χ1n) is 13.1. The molecular formula is C30H39N7. The summed E-state index contributed by atoms with van der Waals surface area (Å²) in [4.78, 5) is 6.78. The molecule has 2 aromatic heterocycles. The van der Waals surface area contributed by atoms with Crippen LogP contribution in [0.2, 0.25) is 0 Å². The Hall–Kier alpha value is -3.84. The molecule has 0 unspecified atom stereocenters. The van der Waals surface area contributed by atoms with Gasteiger partial charge in [-0.05, 0) is 68.1 Å². The van der Waals surface area contributed by atoms with Crippen LogP contribution in [-0.2, 0) is 7.05 Å². The second-order valence-corrected chi connectivity index (χ2v) is 9.34. The van der Waals surface area contributed by atoms with Gasteiger partial charge in [-0.3, -0.25) is 4.68 Å². The summed E-state index contributed by atoms with van der Waals surface area (Å²) in [5.74, 6) is 0.863. The van der Waals surface area contributed by atoms with Crippen LogP contribution in [0.3, 0.4) is 0 Å². The number of benzene rings is 1. The maximum atomic E-state index is 4.54. The van der Waals surface area contributed by atoms with Gasteiger partial charge in [-0.1, -0.05) is 36.4 Å². The standard InChI is InChI=1S/C24H33N7.C6H6/c1-25-24-22(14-20(15-28-24)21-16-29-31(3)17-21)27-10-4-9-26-11-7-18-8-12-30(2)23(13-18)19-5-6-19;1-2-4-6-5-3-1/h8,12-17,26-27H,4-7,9-11H2,1-3H3,(H,25,28);1-6H. The highest BCUT2D eigenvalue weighted by atomic mass is 15.2. The molecule has 1 fully saturated rings. The van der Waals surface area contributed by atoms with Crippen molar-refractivity contribution in [2.24, 2.45) is 7.05 Å². The molecule has 0 atom stereocenters. The van der Waals surface area contributed by atoms with Crippen molar-refractivity contribution in [2.75, 3.05) is 44.4 Å². The maximum absolute atomic E-state index is 4.54. The van der Waals surface area contributed by atoms with Gasteiger partial charge in [-0.2, -0.15) is 5.10 Å². The quantitative estimate of drug-likeness (QED) is 0.325. The van der Waals surface area contributed by atoms with E-state index in [0.717, 1.165) is 55.1 Å². The largest absolute Gasteiger partial charge is 0.382 e. The smallest absolute Gasteiger partial charge is 0.149 e. The number of allylic oxidation sites excluding steroid dienone is 3. The molecule has 0 amide bonds. The van der Waals surface area contributed by atoms with Crippen molar-refractivity contribution in [1.29, 1.82) is 0 Å². The third kappa shape index (κ3) is 8.08. The van der Waals surface area contributed by atoms with Crippen LogP contribution in [0.1, 0.15) is 25.7 Å². The van der Waals surface area contributed by atoms with Crippen molar-refractivity contribution >= 4 is 11.5 Å². The van der Waals surface area contributed by atoms with E-state index < -0.39 is 0 Å². The first-order valence-corrected chi connectivity index (χ1v) is 13.1. The van der Waals surface area contributed by atoms with Crippen LogP contribution in [0.25, 0.3) is 11.1 Å². The van der Waals surface area contributed by atoms with Crippen molar-refractivity contribution in [3.63, 3.8) is 0 Å². The number of aromatic nitrogens is 3. The van der Waals surface area contributed by atoms with Crippen LogP contribution in [0.5, 0.6) is 0 Å². The number of aryl methyl sites for hydroxylation is 1. The molecule has 1 aliphatic carbocycles. The van der Waals surface area contributed by atoms with E-state index in [1.54, 1.807) is 10.3 Å². The SMILES string of the molecule is CNc1ncc(-c2cnn(C)c2)cc1NCCCNCCC1=CC(=C2CC2)N(C)C=C1.c1ccccc1. The molecule has 194 valence electrons. The van der Waals surface area contributed by atoms with E-state index in [2.05, 4.69) is 62.4 Å². The fourth-order valence-corrected chi connectivity index (χ4v) is 4.14. The molecule has 0 bridgehead atoms. The second kappa shape index (κ2) is 13.5. The highest BCUT2D eigenvalue weighted by molar-refractivity contribution is 5.73. The van der Waals surface area contributed by atoms with Crippen molar-refractivity contribution < 1.29 is 0 Å². The van der Waals surface area contributed by atoms with E-state index in [9.17, 15) is 0 Å². The molecule has 3 heterocycles. The van der Waals surface area contributed by atoms with Gasteiger partial charge in [0, 0.05) is 63.1 Å². The Morgan fingerprint density at radius 3 is 2.32 bits per heavy atom. The summed E-state index contributed by atoms with van der Waals surface area (Å²) in [5.41, 5.74) is 7.56.